The second kappa shape index (κ2) is 4.23. The van der Waals surface area contributed by atoms with Crippen LogP contribution in [0.2, 0.25) is 0 Å². The summed E-state index contributed by atoms with van der Waals surface area (Å²) in [6.45, 7) is 5.03. The van der Waals surface area contributed by atoms with Gasteiger partial charge in [-0.05, 0) is 49.8 Å². The van der Waals surface area contributed by atoms with Crippen LogP contribution in [-0.4, -0.2) is 12.6 Å². The van der Waals surface area contributed by atoms with Crippen molar-refractivity contribution in [2.75, 3.05) is 6.61 Å². The minimum Gasteiger partial charge on any atom is -0.493 e. The van der Waals surface area contributed by atoms with Gasteiger partial charge < -0.3 is 10.5 Å². The molecular weight excluding hydrogens is 186 g/mol. The van der Waals surface area contributed by atoms with Crippen molar-refractivity contribution in [1.29, 1.82) is 0 Å². The molecule has 0 amide bonds. The highest BCUT2D eigenvalue weighted by Crippen LogP contribution is 2.30. The predicted molar refractivity (Wildman–Crippen MR) is 62.3 cm³/mol. The van der Waals surface area contributed by atoms with E-state index in [9.17, 15) is 0 Å². The first kappa shape index (κ1) is 10.5. The Balaban J connectivity index is 2.32. The Labute approximate surface area is 91.4 Å². The van der Waals surface area contributed by atoms with Crippen molar-refractivity contribution in [2.45, 2.75) is 39.2 Å². The van der Waals surface area contributed by atoms with Gasteiger partial charge in [0.15, 0.2) is 0 Å². The smallest absolute Gasteiger partial charge is 0.125 e. The maximum absolute atomic E-state index is 5.82. The molecule has 1 unspecified atom stereocenters. The number of benzene rings is 1. The van der Waals surface area contributed by atoms with Crippen molar-refractivity contribution < 1.29 is 4.74 Å². The van der Waals surface area contributed by atoms with Gasteiger partial charge in [-0.25, -0.2) is 0 Å². The van der Waals surface area contributed by atoms with Crippen LogP contribution >= 0.6 is 0 Å². The van der Waals surface area contributed by atoms with Crippen LogP contribution in [0.3, 0.4) is 0 Å². The third-order valence-corrected chi connectivity index (χ3v) is 2.81. The molecule has 1 atom stereocenters. The number of fused-ring (bicyclic) bond motifs is 1. The molecule has 0 saturated heterocycles. The molecule has 1 aliphatic rings. The van der Waals surface area contributed by atoms with E-state index in [1.165, 1.54) is 16.7 Å². The van der Waals surface area contributed by atoms with Crippen molar-refractivity contribution in [3.63, 3.8) is 0 Å². The Morgan fingerprint density at radius 3 is 3.00 bits per heavy atom. The first-order valence-electron chi connectivity index (χ1n) is 5.67. The lowest BCUT2D eigenvalue weighted by Gasteiger charge is -2.20. The zero-order valence-corrected chi connectivity index (χ0v) is 9.55. The highest BCUT2D eigenvalue weighted by atomic mass is 16.5. The topological polar surface area (TPSA) is 35.2 Å². The summed E-state index contributed by atoms with van der Waals surface area (Å²) >= 11 is 0. The van der Waals surface area contributed by atoms with Crippen LogP contribution in [0, 0.1) is 6.92 Å². The van der Waals surface area contributed by atoms with Crippen molar-refractivity contribution in [3.05, 3.63) is 28.8 Å². The van der Waals surface area contributed by atoms with Gasteiger partial charge in [-0.2, -0.15) is 0 Å². The third kappa shape index (κ3) is 2.32. The van der Waals surface area contributed by atoms with E-state index >= 15 is 0 Å². The van der Waals surface area contributed by atoms with Gasteiger partial charge in [-0.1, -0.05) is 12.1 Å². The summed E-state index contributed by atoms with van der Waals surface area (Å²) in [6.07, 6.45) is 3.23. The number of rotatable bonds is 2. The molecule has 0 aromatic heterocycles. The summed E-state index contributed by atoms with van der Waals surface area (Å²) in [4.78, 5) is 0. The van der Waals surface area contributed by atoms with Crippen LogP contribution in [0.1, 0.15) is 30.0 Å². The SMILES string of the molecule is Cc1cc(CC(C)N)cc2c1OCCC2. The third-order valence-electron chi connectivity index (χ3n) is 2.81. The number of ether oxygens (including phenoxy) is 1. The molecule has 1 aromatic rings. The molecule has 0 spiro atoms. The van der Waals surface area contributed by atoms with E-state index in [1.54, 1.807) is 0 Å². The molecule has 2 nitrogen and oxygen atoms in total. The van der Waals surface area contributed by atoms with Gasteiger partial charge in [-0.15, -0.1) is 0 Å². The minimum absolute atomic E-state index is 0.229. The van der Waals surface area contributed by atoms with Gasteiger partial charge in [0.25, 0.3) is 0 Å². The Morgan fingerprint density at radius 1 is 1.47 bits per heavy atom. The number of hydrogen-bond donors (Lipinski definition) is 1. The zero-order chi connectivity index (χ0) is 10.8. The van der Waals surface area contributed by atoms with E-state index in [0.717, 1.165) is 31.6 Å². The second-order valence-electron chi connectivity index (χ2n) is 4.53. The van der Waals surface area contributed by atoms with Gasteiger partial charge in [0, 0.05) is 6.04 Å². The summed E-state index contributed by atoms with van der Waals surface area (Å²) in [5.41, 5.74) is 9.77. The molecular formula is C13H19NO. The first-order valence-corrected chi connectivity index (χ1v) is 5.67. The van der Waals surface area contributed by atoms with Crippen molar-refractivity contribution in [2.24, 2.45) is 5.73 Å². The highest BCUT2D eigenvalue weighted by molar-refractivity contribution is 5.45. The highest BCUT2D eigenvalue weighted by Gasteiger charge is 2.14. The monoisotopic (exact) mass is 205 g/mol. The van der Waals surface area contributed by atoms with E-state index in [1.807, 2.05) is 6.92 Å². The average Bonchev–Trinajstić information content (AvgIpc) is 2.16. The molecule has 0 fully saturated rings. The Morgan fingerprint density at radius 2 is 2.27 bits per heavy atom. The minimum atomic E-state index is 0.229. The molecule has 0 radical (unpaired) electrons. The maximum atomic E-state index is 5.82. The fourth-order valence-electron chi connectivity index (χ4n) is 2.25. The van der Waals surface area contributed by atoms with Crippen molar-refractivity contribution in [1.82, 2.24) is 0 Å². The Hall–Kier alpha value is -1.02. The van der Waals surface area contributed by atoms with Crippen LogP contribution in [0.4, 0.5) is 0 Å². The number of hydrogen-bond acceptors (Lipinski definition) is 2. The van der Waals surface area contributed by atoms with E-state index in [4.69, 9.17) is 10.5 Å². The molecule has 2 N–H and O–H groups in total. The molecule has 0 saturated carbocycles. The van der Waals surface area contributed by atoms with Gasteiger partial charge in [0.2, 0.25) is 0 Å². The molecule has 2 rings (SSSR count). The maximum Gasteiger partial charge on any atom is 0.125 e. The zero-order valence-electron chi connectivity index (χ0n) is 9.55. The number of nitrogens with two attached hydrogens (primary N) is 1. The average molecular weight is 205 g/mol. The van der Waals surface area contributed by atoms with Crippen LogP contribution in [0.5, 0.6) is 5.75 Å². The first-order chi connectivity index (χ1) is 7.16. The summed E-state index contributed by atoms with van der Waals surface area (Å²) in [6, 6.07) is 4.69. The molecule has 1 aliphatic heterocycles. The fourth-order valence-corrected chi connectivity index (χ4v) is 2.25. The lowest BCUT2D eigenvalue weighted by Crippen LogP contribution is -2.18. The Bertz CT molecular complexity index is 358. The molecule has 82 valence electrons. The molecule has 1 aromatic carbocycles. The summed E-state index contributed by atoms with van der Waals surface area (Å²) in [5.74, 6) is 1.11. The summed E-state index contributed by atoms with van der Waals surface area (Å²) < 4.78 is 5.68. The van der Waals surface area contributed by atoms with E-state index < -0.39 is 0 Å². The van der Waals surface area contributed by atoms with Gasteiger partial charge in [-0.3, -0.25) is 0 Å². The lowest BCUT2D eigenvalue weighted by atomic mass is 9.97. The second-order valence-corrected chi connectivity index (χ2v) is 4.53. The molecule has 1 heterocycles. The summed E-state index contributed by atoms with van der Waals surface area (Å²) in [7, 11) is 0. The molecule has 15 heavy (non-hydrogen) atoms. The molecule has 0 aliphatic carbocycles. The predicted octanol–water partition coefficient (Wildman–Crippen LogP) is 2.21. The van der Waals surface area contributed by atoms with E-state index in [-0.39, 0.29) is 6.04 Å². The van der Waals surface area contributed by atoms with Crippen LogP contribution in [-0.2, 0) is 12.8 Å². The molecule has 0 bridgehead atoms. The van der Waals surface area contributed by atoms with Crippen LogP contribution in [0.15, 0.2) is 12.1 Å². The standard InChI is InChI=1S/C13H19NO/c1-9-6-11(7-10(2)14)8-12-4-3-5-15-13(9)12/h6,8,10H,3-5,7,14H2,1-2H3. The largest absolute Gasteiger partial charge is 0.493 e. The van der Waals surface area contributed by atoms with Gasteiger partial charge >= 0.3 is 0 Å². The Kier molecular flexibility index (Phi) is 2.96. The normalized spacial score (nSPS) is 16.7. The van der Waals surface area contributed by atoms with Crippen LogP contribution in [0.25, 0.3) is 0 Å². The van der Waals surface area contributed by atoms with Crippen molar-refractivity contribution in [3.8, 4) is 5.75 Å². The summed E-state index contributed by atoms with van der Waals surface area (Å²) in [5, 5.41) is 0. The van der Waals surface area contributed by atoms with Gasteiger partial charge in [0.1, 0.15) is 5.75 Å². The van der Waals surface area contributed by atoms with E-state index in [0.29, 0.717) is 0 Å². The number of aryl methyl sites for hydroxylation is 2. The van der Waals surface area contributed by atoms with Crippen molar-refractivity contribution >= 4 is 0 Å². The quantitative estimate of drug-likeness (QED) is 0.803. The van der Waals surface area contributed by atoms with Gasteiger partial charge in [0.05, 0.1) is 6.61 Å². The van der Waals surface area contributed by atoms with E-state index in [2.05, 4.69) is 19.1 Å². The lowest BCUT2D eigenvalue weighted by molar-refractivity contribution is 0.286. The fraction of sp³-hybridized carbons (Fsp3) is 0.538. The molecule has 2 heteroatoms. The van der Waals surface area contributed by atoms with Crippen LogP contribution < -0.4 is 10.5 Å².